The standard InChI is InChI=1S/C8H3Cl2F3N4/c9-4-2-15-17-6(4)5-3(8(11,12)13)1-14-7(10)16-5/h1-2H,(H,15,17). The number of aromatic amines is 1. The van der Waals surface area contributed by atoms with E-state index in [1.165, 1.54) is 6.20 Å². The summed E-state index contributed by atoms with van der Waals surface area (Å²) in [6.07, 6.45) is -2.83. The summed E-state index contributed by atoms with van der Waals surface area (Å²) in [6.45, 7) is 0. The van der Waals surface area contributed by atoms with Crippen molar-refractivity contribution in [1.82, 2.24) is 20.2 Å². The van der Waals surface area contributed by atoms with Crippen molar-refractivity contribution in [3.63, 3.8) is 0 Å². The molecule has 17 heavy (non-hydrogen) atoms. The number of H-pyrrole nitrogens is 1. The van der Waals surface area contributed by atoms with E-state index < -0.39 is 17.4 Å². The average Bonchev–Trinajstić information content (AvgIpc) is 2.62. The number of hydrogen-bond donors (Lipinski definition) is 1. The highest BCUT2D eigenvalue weighted by molar-refractivity contribution is 6.33. The first kappa shape index (κ1) is 12.1. The Morgan fingerprint density at radius 3 is 2.41 bits per heavy atom. The van der Waals surface area contributed by atoms with Crippen molar-refractivity contribution >= 4 is 23.2 Å². The van der Waals surface area contributed by atoms with E-state index in [0.29, 0.717) is 6.20 Å². The molecule has 4 nitrogen and oxygen atoms in total. The number of halogens is 5. The van der Waals surface area contributed by atoms with Crippen LogP contribution in [-0.4, -0.2) is 20.2 Å². The van der Waals surface area contributed by atoms with Crippen LogP contribution in [0.5, 0.6) is 0 Å². The molecule has 0 aliphatic carbocycles. The van der Waals surface area contributed by atoms with Gasteiger partial charge in [0.2, 0.25) is 5.28 Å². The van der Waals surface area contributed by atoms with Crippen molar-refractivity contribution in [2.24, 2.45) is 0 Å². The van der Waals surface area contributed by atoms with Crippen molar-refractivity contribution in [3.05, 3.63) is 28.3 Å². The van der Waals surface area contributed by atoms with Crippen LogP contribution in [0.4, 0.5) is 13.2 Å². The first-order chi connectivity index (χ1) is 7.89. The monoisotopic (exact) mass is 282 g/mol. The van der Waals surface area contributed by atoms with Crippen LogP contribution < -0.4 is 0 Å². The highest BCUT2D eigenvalue weighted by Crippen LogP contribution is 2.37. The van der Waals surface area contributed by atoms with E-state index in [-0.39, 0.29) is 16.0 Å². The van der Waals surface area contributed by atoms with Crippen LogP contribution in [0.2, 0.25) is 10.3 Å². The van der Waals surface area contributed by atoms with Crippen molar-refractivity contribution in [1.29, 1.82) is 0 Å². The largest absolute Gasteiger partial charge is 0.420 e. The van der Waals surface area contributed by atoms with E-state index in [0.717, 1.165) is 0 Å². The van der Waals surface area contributed by atoms with Gasteiger partial charge in [-0.25, -0.2) is 9.97 Å². The summed E-state index contributed by atoms with van der Waals surface area (Å²) in [5.74, 6) is 0. The van der Waals surface area contributed by atoms with Crippen LogP contribution in [-0.2, 0) is 6.18 Å². The molecular weight excluding hydrogens is 280 g/mol. The molecule has 0 atom stereocenters. The van der Waals surface area contributed by atoms with Crippen LogP contribution in [0, 0.1) is 0 Å². The van der Waals surface area contributed by atoms with Gasteiger partial charge in [0.05, 0.1) is 11.2 Å². The molecular formula is C8H3Cl2F3N4. The SMILES string of the molecule is FC(F)(F)c1cnc(Cl)nc1-c1[nH]ncc1Cl. The molecule has 0 radical (unpaired) electrons. The summed E-state index contributed by atoms with van der Waals surface area (Å²) in [5, 5.41) is 5.57. The van der Waals surface area contributed by atoms with Gasteiger partial charge in [0.1, 0.15) is 17.0 Å². The van der Waals surface area contributed by atoms with Crippen molar-refractivity contribution in [3.8, 4) is 11.4 Å². The Kier molecular flexibility index (Phi) is 2.96. The summed E-state index contributed by atoms with van der Waals surface area (Å²) in [6, 6.07) is 0. The van der Waals surface area contributed by atoms with Gasteiger partial charge >= 0.3 is 6.18 Å². The van der Waals surface area contributed by atoms with Gasteiger partial charge < -0.3 is 0 Å². The summed E-state index contributed by atoms with van der Waals surface area (Å²) in [7, 11) is 0. The van der Waals surface area contributed by atoms with Gasteiger partial charge in [-0.1, -0.05) is 11.6 Å². The lowest BCUT2D eigenvalue weighted by molar-refractivity contribution is -0.137. The second-order valence-electron chi connectivity index (χ2n) is 2.99. The molecule has 90 valence electrons. The summed E-state index contributed by atoms with van der Waals surface area (Å²) >= 11 is 11.2. The molecule has 9 heteroatoms. The Labute approximate surface area is 103 Å². The molecule has 0 saturated heterocycles. The Morgan fingerprint density at radius 2 is 1.88 bits per heavy atom. The first-order valence-corrected chi connectivity index (χ1v) is 4.94. The molecule has 2 rings (SSSR count). The second-order valence-corrected chi connectivity index (χ2v) is 3.74. The number of nitrogens with one attached hydrogen (secondary N) is 1. The highest BCUT2D eigenvalue weighted by Gasteiger charge is 2.36. The van der Waals surface area contributed by atoms with E-state index in [1.54, 1.807) is 0 Å². The van der Waals surface area contributed by atoms with Crippen LogP contribution in [0.15, 0.2) is 12.4 Å². The zero-order valence-electron chi connectivity index (χ0n) is 7.89. The van der Waals surface area contributed by atoms with Gasteiger partial charge in [0.15, 0.2) is 0 Å². The molecule has 2 aromatic rings. The Bertz CT molecular complexity index is 552. The maximum Gasteiger partial charge on any atom is 0.420 e. The molecule has 2 aromatic heterocycles. The predicted octanol–water partition coefficient (Wildman–Crippen LogP) is 3.19. The van der Waals surface area contributed by atoms with Gasteiger partial charge in [-0.3, -0.25) is 5.10 Å². The summed E-state index contributed by atoms with van der Waals surface area (Å²) < 4.78 is 38.1. The Hall–Kier alpha value is -1.34. The molecule has 0 aliphatic rings. The van der Waals surface area contributed by atoms with Crippen LogP contribution in [0.1, 0.15) is 5.56 Å². The molecule has 0 unspecified atom stereocenters. The zero-order chi connectivity index (χ0) is 12.6. The minimum absolute atomic E-state index is 0.0188. The molecule has 0 fully saturated rings. The second kappa shape index (κ2) is 4.15. The third-order valence-corrected chi connectivity index (χ3v) is 2.36. The molecule has 0 aliphatic heterocycles. The fourth-order valence-corrected chi connectivity index (χ4v) is 1.51. The number of hydrogen-bond acceptors (Lipinski definition) is 3. The predicted molar refractivity (Wildman–Crippen MR) is 54.6 cm³/mol. The molecule has 0 amide bonds. The number of aromatic nitrogens is 4. The average molecular weight is 283 g/mol. The van der Waals surface area contributed by atoms with Gasteiger partial charge in [-0.2, -0.15) is 18.3 Å². The lowest BCUT2D eigenvalue weighted by Gasteiger charge is -2.10. The van der Waals surface area contributed by atoms with E-state index in [2.05, 4.69) is 20.2 Å². The number of rotatable bonds is 1. The quantitative estimate of drug-likeness (QED) is 0.818. The summed E-state index contributed by atoms with van der Waals surface area (Å²) in [4.78, 5) is 6.82. The maximum absolute atomic E-state index is 12.7. The molecule has 0 spiro atoms. The number of nitrogens with zero attached hydrogens (tertiary/aromatic N) is 3. The molecule has 1 N–H and O–H groups in total. The molecule has 0 aromatic carbocycles. The smallest absolute Gasteiger partial charge is 0.275 e. The zero-order valence-corrected chi connectivity index (χ0v) is 9.40. The van der Waals surface area contributed by atoms with Crippen molar-refractivity contribution in [2.75, 3.05) is 0 Å². The molecule has 0 saturated carbocycles. The number of alkyl halides is 3. The van der Waals surface area contributed by atoms with E-state index in [4.69, 9.17) is 23.2 Å². The van der Waals surface area contributed by atoms with Crippen molar-refractivity contribution in [2.45, 2.75) is 6.18 Å². The third kappa shape index (κ3) is 2.34. The Morgan fingerprint density at radius 1 is 1.18 bits per heavy atom. The summed E-state index contributed by atoms with van der Waals surface area (Å²) in [5.41, 5.74) is -1.52. The first-order valence-electron chi connectivity index (χ1n) is 4.18. The van der Waals surface area contributed by atoms with Crippen LogP contribution >= 0.6 is 23.2 Å². The topological polar surface area (TPSA) is 54.5 Å². The van der Waals surface area contributed by atoms with Crippen LogP contribution in [0.25, 0.3) is 11.4 Å². The van der Waals surface area contributed by atoms with Gasteiger partial charge in [-0.15, -0.1) is 0 Å². The van der Waals surface area contributed by atoms with E-state index >= 15 is 0 Å². The van der Waals surface area contributed by atoms with Gasteiger partial charge in [0, 0.05) is 6.20 Å². The maximum atomic E-state index is 12.7. The van der Waals surface area contributed by atoms with E-state index in [9.17, 15) is 13.2 Å². The molecule has 2 heterocycles. The van der Waals surface area contributed by atoms with Gasteiger partial charge in [0.25, 0.3) is 0 Å². The lowest BCUT2D eigenvalue weighted by Crippen LogP contribution is -2.10. The third-order valence-electron chi connectivity index (χ3n) is 1.89. The Balaban J connectivity index is 2.68. The lowest BCUT2D eigenvalue weighted by atomic mass is 10.2. The van der Waals surface area contributed by atoms with Crippen molar-refractivity contribution < 1.29 is 13.2 Å². The van der Waals surface area contributed by atoms with Gasteiger partial charge in [-0.05, 0) is 11.6 Å². The minimum Gasteiger partial charge on any atom is -0.275 e. The highest BCUT2D eigenvalue weighted by atomic mass is 35.5. The molecule has 0 bridgehead atoms. The van der Waals surface area contributed by atoms with E-state index in [1.807, 2.05) is 0 Å². The normalized spacial score (nSPS) is 11.8. The fraction of sp³-hybridized carbons (Fsp3) is 0.125. The van der Waals surface area contributed by atoms with Crippen LogP contribution in [0.3, 0.4) is 0 Å². The fourth-order valence-electron chi connectivity index (χ4n) is 1.20. The minimum atomic E-state index is -4.60.